The first-order chi connectivity index (χ1) is 9.13. The maximum absolute atomic E-state index is 5.97. The molecular formula is C11H10ClN7. The molecule has 0 spiro atoms. The molecule has 3 rings (SSSR count). The van der Waals surface area contributed by atoms with E-state index in [-0.39, 0.29) is 5.95 Å². The summed E-state index contributed by atoms with van der Waals surface area (Å²) in [6, 6.07) is 5.29. The van der Waals surface area contributed by atoms with Crippen LogP contribution in [-0.2, 0) is 0 Å². The number of nitrogens with one attached hydrogen (secondary N) is 2. The molecule has 0 unspecified atom stereocenters. The Bertz CT molecular complexity index is 752. The number of rotatable bonds is 2. The van der Waals surface area contributed by atoms with E-state index < -0.39 is 0 Å². The second-order valence-electron chi connectivity index (χ2n) is 3.93. The Morgan fingerprint density at radius 2 is 2.11 bits per heavy atom. The van der Waals surface area contributed by atoms with Crippen LogP contribution in [-0.4, -0.2) is 20.2 Å². The summed E-state index contributed by atoms with van der Waals surface area (Å²) in [5.41, 5.74) is 13.4. The summed E-state index contributed by atoms with van der Waals surface area (Å²) in [4.78, 5) is 7.87. The normalized spacial score (nSPS) is 10.8. The highest BCUT2D eigenvalue weighted by Crippen LogP contribution is 2.30. The van der Waals surface area contributed by atoms with E-state index in [1.54, 1.807) is 18.3 Å². The van der Waals surface area contributed by atoms with Crippen molar-refractivity contribution in [1.29, 1.82) is 0 Å². The number of nitrogen functional groups attached to an aromatic ring is 2. The summed E-state index contributed by atoms with van der Waals surface area (Å²) in [5.74, 6) is 0.770. The van der Waals surface area contributed by atoms with E-state index in [4.69, 9.17) is 23.1 Å². The van der Waals surface area contributed by atoms with Crippen LogP contribution in [0.2, 0.25) is 5.15 Å². The molecule has 8 heteroatoms. The Morgan fingerprint density at radius 3 is 2.89 bits per heavy atom. The highest BCUT2D eigenvalue weighted by molar-refractivity contribution is 6.34. The number of nitrogens with zero attached hydrogens (tertiary/aromatic N) is 3. The van der Waals surface area contributed by atoms with E-state index in [0.29, 0.717) is 22.2 Å². The van der Waals surface area contributed by atoms with Gasteiger partial charge in [0, 0.05) is 17.3 Å². The second kappa shape index (κ2) is 4.29. The number of nitrogens with two attached hydrogens (primary N) is 2. The first-order valence-corrected chi connectivity index (χ1v) is 5.80. The van der Waals surface area contributed by atoms with Gasteiger partial charge in [0.15, 0.2) is 5.15 Å². The topological polar surface area (TPSA) is 119 Å². The summed E-state index contributed by atoms with van der Waals surface area (Å²) in [5, 5.41) is 10.9. The monoisotopic (exact) mass is 275 g/mol. The van der Waals surface area contributed by atoms with Gasteiger partial charge in [-0.25, -0.2) is 4.98 Å². The highest BCUT2D eigenvalue weighted by atomic mass is 35.5. The second-order valence-corrected chi connectivity index (χ2v) is 4.29. The predicted octanol–water partition coefficient (Wildman–Crippen LogP) is 1.91. The van der Waals surface area contributed by atoms with E-state index in [1.165, 1.54) is 0 Å². The number of H-pyrrole nitrogens is 1. The Hall–Kier alpha value is -2.54. The average molecular weight is 276 g/mol. The first-order valence-electron chi connectivity index (χ1n) is 5.42. The molecule has 6 N–H and O–H groups in total. The first kappa shape index (κ1) is 11.5. The van der Waals surface area contributed by atoms with Crippen molar-refractivity contribution in [2.45, 2.75) is 0 Å². The number of benzene rings is 1. The molecule has 0 saturated heterocycles. The van der Waals surface area contributed by atoms with Gasteiger partial charge in [0.25, 0.3) is 0 Å². The Kier molecular flexibility index (Phi) is 2.60. The number of aromatic amines is 1. The van der Waals surface area contributed by atoms with Crippen LogP contribution in [0.5, 0.6) is 0 Å². The molecule has 0 aliphatic rings. The van der Waals surface area contributed by atoms with Crippen LogP contribution in [0, 0.1) is 0 Å². The van der Waals surface area contributed by atoms with E-state index in [0.717, 1.165) is 11.1 Å². The van der Waals surface area contributed by atoms with Crippen molar-refractivity contribution in [3.05, 3.63) is 29.5 Å². The largest absolute Gasteiger partial charge is 0.397 e. The zero-order valence-electron chi connectivity index (χ0n) is 9.68. The van der Waals surface area contributed by atoms with Gasteiger partial charge in [-0.1, -0.05) is 11.6 Å². The van der Waals surface area contributed by atoms with Gasteiger partial charge in [0.1, 0.15) is 5.82 Å². The number of halogens is 1. The minimum absolute atomic E-state index is 0.195. The lowest BCUT2D eigenvalue weighted by Gasteiger charge is -2.07. The molecule has 0 aliphatic heterocycles. The summed E-state index contributed by atoms with van der Waals surface area (Å²) in [6.07, 6.45) is 1.57. The van der Waals surface area contributed by atoms with E-state index >= 15 is 0 Å². The molecular weight excluding hydrogens is 266 g/mol. The van der Waals surface area contributed by atoms with Gasteiger partial charge in [-0.15, -0.1) is 0 Å². The Balaban J connectivity index is 2.03. The number of aromatic nitrogens is 4. The van der Waals surface area contributed by atoms with Crippen LogP contribution in [0.3, 0.4) is 0 Å². The van der Waals surface area contributed by atoms with Gasteiger partial charge in [-0.3, -0.25) is 5.10 Å². The lowest BCUT2D eigenvalue weighted by Crippen LogP contribution is -1.99. The lowest BCUT2D eigenvalue weighted by molar-refractivity contribution is 1.12. The van der Waals surface area contributed by atoms with Crippen LogP contribution in [0.25, 0.3) is 10.9 Å². The van der Waals surface area contributed by atoms with Gasteiger partial charge in [-0.05, 0) is 18.2 Å². The smallest absolute Gasteiger partial charge is 0.221 e. The number of hydrogen-bond donors (Lipinski definition) is 4. The molecule has 2 aromatic heterocycles. The molecule has 2 heterocycles. The Morgan fingerprint density at radius 1 is 1.26 bits per heavy atom. The zero-order chi connectivity index (χ0) is 13.4. The number of fused-ring (bicyclic) bond motifs is 1. The lowest BCUT2D eigenvalue weighted by atomic mass is 10.2. The molecule has 0 aliphatic carbocycles. The van der Waals surface area contributed by atoms with Crippen LogP contribution in [0.15, 0.2) is 24.4 Å². The molecule has 0 fully saturated rings. The molecule has 0 bridgehead atoms. The average Bonchev–Trinajstić information content (AvgIpc) is 2.72. The molecule has 7 nitrogen and oxygen atoms in total. The SMILES string of the molecule is Nc1nccc(Nc2cc(N)c3[nH]nc(Cl)c3c2)n1. The fraction of sp³-hybridized carbons (Fsp3) is 0. The fourth-order valence-electron chi connectivity index (χ4n) is 1.78. The van der Waals surface area contributed by atoms with Crippen molar-refractivity contribution in [1.82, 2.24) is 20.2 Å². The molecule has 0 amide bonds. The number of hydrogen-bond acceptors (Lipinski definition) is 6. The molecule has 0 radical (unpaired) electrons. The van der Waals surface area contributed by atoms with E-state index in [1.807, 2.05) is 6.07 Å². The summed E-state index contributed by atoms with van der Waals surface area (Å²) in [7, 11) is 0. The van der Waals surface area contributed by atoms with Crippen molar-refractivity contribution < 1.29 is 0 Å². The van der Waals surface area contributed by atoms with Gasteiger partial charge in [0.2, 0.25) is 5.95 Å². The van der Waals surface area contributed by atoms with Crippen LogP contribution in [0.1, 0.15) is 0 Å². The standard InChI is InChI=1S/C11H10ClN7/c12-10-6-3-5(4-7(13)9(6)18-19-10)16-8-1-2-15-11(14)17-8/h1-4H,13H2,(H,18,19)(H3,14,15,16,17). The van der Waals surface area contributed by atoms with Gasteiger partial charge in [0.05, 0.1) is 11.2 Å². The zero-order valence-corrected chi connectivity index (χ0v) is 10.4. The van der Waals surface area contributed by atoms with Crippen LogP contribution >= 0.6 is 11.6 Å². The third kappa shape index (κ3) is 2.11. The van der Waals surface area contributed by atoms with Crippen molar-refractivity contribution in [3.63, 3.8) is 0 Å². The summed E-state index contributed by atoms with van der Waals surface area (Å²) < 4.78 is 0. The van der Waals surface area contributed by atoms with E-state index in [2.05, 4.69) is 25.5 Å². The van der Waals surface area contributed by atoms with Gasteiger partial charge >= 0.3 is 0 Å². The maximum Gasteiger partial charge on any atom is 0.221 e. The molecule has 19 heavy (non-hydrogen) atoms. The highest BCUT2D eigenvalue weighted by Gasteiger charge is 2.08. The van der Waals surface area contributed by atoms with Crippen LogP contribution in [0.4, 0.5) is 23.1 Å². The van der Waals surface area contributed by atoms with Crippen LogP contribution < -0.4 is 16.8 Å². The van der Waals surface area contributed by atoms with Crippen molar-refractivity contribution in [2.75, 3.05) is 16.8 Å². The van der Waals surface area contributed by atoms with Crippen molar-refractivity contribution in [2.24, 2.45) is 0 Å². The minimum Gasteiger partial charge on any atom is -0.397 e. The van der Waals surface area contributed by atoms with Gasteiger partial charge in [-0.2, -0.15) is 10.1 Å². The quantitative estimate of drug-likeness (QED) is 0.531. The molecule has 3 aromatic rings. The summed E-state index contributed by atoms with van der Waals surface area (Å²) in [6.45, 7) is 0. The third-order valence-electron chi connectivity index (χ3n) is 2.60. The fourth-order valence-corrected chi connectivity index (χ4v) is 1.97. The molecule has 0 saturated carbocycles. The van der Waals surface area contributed by atoms with Crippen molar-refractivity contribution in [3.8, 4) is 0 Å². The molecule has 1 aromatic carbocycles. The summed E-state index contributed by atoms with van der Waals surface area (Å²) >= 11 is 5.97. The minimum atomic E-state index is 0.195. The molecule has 96 valence electrons. The predicted molar refractivity (Wildman–Crippen MR) is 75.2 cm³/mol. The Labute approximate surface area is 113 Å². The third-order valence-corrected chi connectivity index (χ3v) is 2.89. The maximum atomic E-state index is 5.97. The van der Waals surface area contributed by atoms with Gasteiger partial charge < -0.3 is 16.8 Å². The molecule has 0 atom stereocenters. The van der Waals surface area contributed by atoms with Crippen molar-refractivity contribution >= 4 is 45.6 Å². The van der Waals surface area contributed by atoms with E-state index in [9.17, 15) is 0 Å². The number of anilines is 4.